The Morgan fingerprint density at radius 2 is 1.69 bits per heavy atom. The fourth-order valence-electron chi connectivity index (χ4n) is 0.734. The van der Waals surface area contributed by atoms with E-state index >= 15 is 0 Å². The Bertz CT molecular complexity index is 268. The van der Waals surface area contributed by atoms with Crippen LogP contribution in [0.5, 0.6) is 0 Å². The first-order chi connectivity index (χ1) is 7.02. The van der Waals surface area contributed by atoms with Gasteiger partial charge in [-0.2, -0.15) is 13.2 Å². The van der Waals surface area contributed by atoms with Crippen molar-refractivity contribution in [2.24, 2.45) is 0 Å². The zero-order valence-electron chi connectivity index (χ0n) is 9.27. The lowest BCUT2D eigenvalue weighted by Crippen LogP contribution is -2.35. The summed E-state index contributed by atoms with van der Waals surface area (Å²) < 4.78 is 40.0. The summed E-state index contributed by atoms with van der Waals surface area (Å²) in [6.45, 7) is 4.46. The average Bonchev–Trinajstić information content (AvgIpc) is 1.98. The number of ether oxygens (including phenoxy) is 1. The molecular weight excluding hydrogens is 227 g/mol. The van der Waals surface area contributed by atoms with Gasteiger partial charge in [0.15, 0.2) is 0 Å². The van der Waals surface area contributed by atoms with Gasteiger partial charge in [-0.05, 0) is 20.8 Å². The van der Waals surface area contributed by atoms with E-state index in [9.17, 15) is 22.8 Å². The lowest BCUT2D eigenvalue weighted by molar-refractivity contribution is -0.170. The van der Waals surface area contributed by atoms with Crippen molar-refractivity contribution in [2.75, 3.05) is 6.54 Å². The number of nitrogens with one attached hydrogen (secondary N) is 1. The van der Waals surface area contributed by atoms with Gasteiger partial charge in [0.25, 0.3) is 0 Å². The maximum absolute atomic E-state index is 11.8. The summed E-state index contributed by atoms with van der Waals surface area (Å²) in [6, 6.07) is 0. The van der Waals surface area contributed by atoms with Crippen molar-refractivity contribution in [1.82, 2.24) is 5.32 Å². The molecule has 0 saturated heterocycles. The maximum atomic E-state index is 11.8. The van der Waals surface area contributed by atoms with Crippen LogP contribution in [-0.2, 0) is 9.53 Å². The standard InChI is InChI=1S/C9H14F3NO3/c1-8(2,3)16-7(15)13-5-4-6(14)9(10,11)12/h4-5H2,1-3H3,(H,13,15). The van der Waals surface area contributed by atoms with Crippen molar-refractivity contribution in [2.45, 2.75) is 39.0 Å². The first kappa shape index (κ1) is 14.7. The summed E-state index contributed by atoms with van der Waals surface area (Å²) in [5.74, 6) is -1.87. The van der Waals surface area contributed by atoms with Gasteiger partial charge >= 0.3 is 12.3 Å². The Balaban J connectivity index is 3.84. The molecule has 1 amide bonds. The van der Waals surface area contributed by atoms with E-state index in [1.807, 2.05) is 0 Å². The molecule has 1 N–H and O–H groups in total. The third-order valence-electron chi connectivity index (χ3n) is 1.34. The summed E-state index contributed by atoms with van der Waals surface area (Å²) in [7, 11) is 0. The Morgan fingerprint density at radius 1 is 1.19 bits per heavy atom. The number of amides is 1. The molecule has 0 spiro atoms. The maximum Gasteiger partial charge on any atom is 0.450 e. The quantitative estimate of drug-likeness (QED) is 0.822. The van der Waals surface area contributed by atoms with Gasteiger partial charge in [-0.15, -0.1) is 0 Å². The van der Waals surface area contributed by atoms with Crippen LogP contribution in [-0.4, -0.2) is 30.2 Å². The van der Waals surface area contributed by atoms with E-state index in [2.05, 4.69) is 5.32 Å². The molecule has 0 aromatic heterocycles. The van der Waals surface area contributed by atoms with E-state index in [0.717, 1.165) is 0 Å². The third-order valence-corrected chi connectivity index (χ3v) is 1.34. The highest BCUT2D eigenvalue weighted by molar-refractivity contribution is 5.84. The number of hydrogen-bond acceptors (Lipinski definition) is 3. The lowest BCUT2D eigenvalue weighted by atomic mass is 10.2. The summed E-state index contributed by atoms with van der Waals surface area (Å²) in [6.07, 6.45) is -6.49. The SMILES string of the molecule is CC(C)(C)OC(=O)NCCC(=O)C(F)(F)F. The normalized spacial score (nSPS) is 12.1. The number of hydrogen-bond donors (Lipinski definition) is 1. The molecule has 0 aromatic carbocycles. The van der Waals surface area contributed by atoms with E-state index in [-0.39, 0.29) is 0 Å². The Labute approximate surface area is 91.1 Å². The first-order valence-corrected chi connectivity index (χ1v) is 4.59. The highest BCUT2D eigenvalue weighted by Crippen LogP contribution is 2.17. The molecule has 0 bridgehead atoms. The van der Waals surface area contributed by atoms with Gasteiger partial charge in [0.2, 0.25) is 5.78 Å². The molecule has 0 atom stereocenters. The van der Waals surface area contributed by atoms with Gasteiger partial charge in [-0.25, -0.2) is 4.79 Å². The number of alkyl halides is 3. The fraction of sp³-hybridized carbons (Fsp3) is 0.778. The van der Waals surface area contributed by atoms with Gasteiger partial charge < -0.3 is 10.1 Å². The van der Waals surface area contributed by atoms with Gasteiger partial charge in [-0.3, -0.25) is 4.79 Å². The number of ketones is 1. The number of carbonyl (C=O) groups is 2. The molecule has 0 aliphatic rings. The molecule has 0 heterocycles. The van der Waals surface area contributed by atoms with Crippen LogP contribution in [0.4, 0.5) is 18.0 Å². The molecule has 16 heavy (non-hydrogen) atoms. The van der Waals surface area contributed by atoms with Crippen molar-refractivity contribution in [3.63, 3.8) is 0 Å². The number of rotatable bonds is 3. The number of carbonyl (C=O) groups excluding carboxylic acids is 2. The van der Waals surface area contributed by atoms with E-state index < -0.39 is 36.6 Å². The predicted molar refractivity (Wildman–Crippen MR) is 49.9 cm³/mol. The summed E-state index contributed by atoms with van der Waals surface area (Å²) in [5, 5.41) is 2.06. The minimum absolute atomic E-state index is 0.396. The highest BCUT2D eigenvalue weighted by Gasteiger charge is 2.37. The molecule has 0 aliphatic carbocycles. The van der Waals surface area contributed by atoms with Crippen LogP contribution >= 0.6 is 0 Å². The molecule has 0 aliphatic heterocycles. The third kappa shape index (κ3) is 7.08. The molecule has 0 aromatic rings. The highest BCUT2D eigenvalue weighted by atomic mass is 19.4. The van der Waals surface area contributed by atoms with Crippen LogP contribution in [0.25, 0.3) is 0 Å². The van der Waals surface area contributed by atoms with E-state index in [1.54, 1.807) is 20.8 Å². The number of Topliss-reactive ketones (excluding diaryl/α,β-unsaturated/α-hetero) is 1. The Hall–Kier alpha value is -1.27. The van der Waals surface area contributed by atoms with Crippen LogP contribution in [0.15, 0.2) is 0 Å². The van der Waals surface area contributed by atoms with Gasteiger partial charge in [0.1, 0.15) is 5.60 Å². The van der Waals surface area contributed by atoms with Crippen molar-refractivity contribution in [3.05, 3.63) is 0 Å². The van der Waals surface area contributed by atoms with Crippen molar-refractivity contribution < 1.29 is 27.5 Å². The van der Waals surface area contributed by atoms with Gasteiger partial charge in [0, 0.05) is 13.0 Å². The molecule has 4 nitrogen and oxygen atoms in total. The number of halogens is 3. The van der Waals surface area contributed by atoms with Crippen molar-refractivity contribution >= 4 is 11.9 Å². The molecule has 0 saturated carbocycles. The summed E-state index contributed by atoms with van der Waals surface area (Å²) in [5.41, 5.74) is -0.724. The average molecular weight is 241 g/mol. The summed E-state index contributed by atoms with van der Waals surface area (Å²) in [4.78, 5) is 21.4. The Morgan fingerprint density at radius 3 is 2.06 bits per heavy atom. The number of alkyl carbamates (subject to hydrolysis) is 1. The van der Waals surface area contributed by atoms with Crippen molar-refractivity contribution in [1.29, 1.82) is 0 Å². The molecule has 0 radical (unpaired) electrons. The first-order valence-electron chi connectivity index (χ1n) is 4.59. The van der Waals surface area contributed by atoms with Gasteiger partial charge in [-0.1, -0.05) is 0 Å². The molecule has 0 unspecified atom stereocenters. The van der Waals surface area contributed by atoms with E-state index in [0.29, 0.717) is 0 Å². The van der Waals surface area contributed by atoms with Crippen molar-refractivity contribution in [3.8, 4) is 0 Å². The van der Waals surface area contributed by atoms with Gasteiger partial charge in [0.05, 0.1) is 0 Å². The second-order valence-electron chi connectivity index (χ2n) is 4.10. The smallest absolute Gasteiger partial charge is 0.444 e. The molecule has 7 heteroatoms. The Kier molecular flexibility index (Phi) is 4.77. The van der Waals surface area contributed by atoms with Crippen LogP contribution in [0.3, 0.4) is 0 Å². The second-order valence-corrected chi connectivity index (χ2v) is 4.10. The topological polar surface area (TPSA) is 55.4 Å². The lowest BCUT2D eigenvalue weighted by Gasteiger charge is -2.19. The monoisotopic (exact) mass is 241 g/mol. The van der Waals surface area contributed by atoms with Crippen LogP contribution < -0.4 is 5.32 Å². The van der Waals surface area contributed by atoms with E-state index in [1.165, 1.54) is 0 Å². The summed E-state index contributed by atoms with van der Waals surface area (Å²) >= 11 is 0. The molecule has 94 valence electrons. The zero-order chi connectivity index (χ0) is 13.0. The predicted octanol–water partition coefficient (Wildman–Crippen LogP) is 2.03. The minimum Gasteiger partial charge on any atom is -0.444 e. The molecular formula is C9H14F3NO3. The van der Waals surface area contributed by atoms with Crippen LogP contribution in [0.1, 0.15) is 27.2 Å². The molecule has 0 fully saturated rings. The second kappa shape index (κ2) is 5.18. The molecule has 0 rings (SSSR count). The van der Waals surface area contributed by atoms with Crippen LogP contribution in [0.2, 0.25) is 0 Å². The fourth-order valence-corrected chi connectivity index (χ4v) is 0.734. The van der Waals surface area contributed by atoms with E-state index in [4.69, 9.17) is 4.74 Å². The van der Waals surface area contributed by atoms with Crippen LogP contribution in [0, 0.1) is 0 Å². The largest absolute Gasteiger partial charge is 0.450 e. The zero-order valence-corrected chi connectivity index (χ0v) is 9.27. The minimum atomic E-state index is -4.85.